The molecule has 1 N–H and O–H groups in total. The molecule has 0 amide bonds. The van der Waals surface area contributed by atoms with E-state index >= 15 is 0 Å². The van der Waals surface area contributed by atoms with Gasteiger partial charge in [-0.1, -0.05) is 13.3 Å². The summed E-state index contributed by atoms with van der Waals surface area (Å²) in [5.41, 5.74) is 2.74. The Morgan fingerprint density at radius 3 is 2.96 bits per heavy atom. The Bertz CT molecular complexity index is 898. The maximum Gasteiger partial charge on any atom is 0.179 e. The van der Waals surface area contributed by atoms with Crippen LogP contribution in [0.4, 0.5) is 0 Å². The Hall–Kier alpha value is -1.99. The predicted molar refractivity (Wildman–Crippen MR) is 97.1 cm³/mol. The number of rotatable bonds is 4. The lowest BCUT2D eigenvalue weighted by atomic mass is 9.93. The van der Waals surface area contributed by atoms with Crippen LogP contribution in [-0.4, -0.2) is 50.0 Å². The van der Waals surface area contributed by atoms with Crippen molar-refractivity contribution >= 4 is 16.8 Å². The van der Waals surface area contributed by atoms with Gasteiger partial charge in [0.2, 0.25) is 0 Å². The monoisotopic (exact) mass is 355 g/mol. The summed E-state index contributed by atoms with van der Waals surface area (Å²) in [6.45, 7) is 3.92. The number of hydrogen-bond donors (Lipinski definition) is 1. The van der Waals surface area contributed by atoms with Crippen LogP contribution in [0.2, 0.25) is 0 Å². The molecule has 3 aromatic heterocycles. The van der Waals surface area contributed by atoms with Crippen LogP contribution in [-0.2, 0) is 9.47 Å². The van der Waals surface area contributed by atoms with Gasteiger partial charge in [0.25, 0.3) is 0 Å². The van der Waals surface area contributed by atoms with E-state index < -0.39 is 0 Å². The van der Waals surface area contributed by atoms with Gasteiger partial charge in [-0.3, -0.25) is 4.40 Å². The standard InChI is InChI=1S/C19H25N5O2/c1-2-12-9-14(26-13-4-7-25-8-5-13)10-15(12)19-23-22-17-11-21-18-16(24(17)19)3-6-20-18/h3,6,11-15,20H,2,4-5,7-10H2,1H3/t12-,14-,15+/m1/s1. The fraction of sp³-hybridized carbons (Fsp3) is 0.632. The maximum atomic E-state index is 6.44. The van der Waals surface area contributed by atoms with Crippen molar-refractivity contribution in [3.8, 4) is 0 Å². The lowest BCUT2D eigenvalue weighted by Crippen LogP contribution is -2.27. The Morgan fingerprint density at radius 2 is 2.12 bits per heavy atom. The number of ether oxygens (including phenoxy) is 2. The molecule has 7 nitrogen and oxygen atoms in total. The van der Waals surface area contributed by atoms with E-state index in [9.17, 15) is 0 Å². The number of fused-ring (bicyclic) bond motifs is 3. The van der Waals surface area contributed by atoms with Crippen molar-refractivity contribution in [1.29, 1.82) is 0 Å². The third-order valence-corrected chi connectivity index (χ3v) is 6.03. The molecule has 1 saturated heterocycles. The van der Waals surface area contributed by atoms with Crippen LogP contribution in [0.3, 0.4) is 0 Å². The largest absolute Gasteiger partial charge is 0.381 e. The summed E-state index contributed by atoms with van der Waals surface area (Å²) in [5.74, 6) is 2.01. The summed E-state index contributed by atoms with van der Waals surface area (Å²) >= 11 is 0. The highest BCUT2D eigenvalue weighted by atomic mass is 16.5. The summed E-state index contributed by atoms with van der Waals surface area (Å²) in [7, 11) is 0. The molecule has 0 radical (unpaired) electrons. The first kappa shape index (κ1) is 16.2. The molecule has 2 aliphatic rings. The second-order valence-corrected chi connectivity index (χ2v) is 7.54. The summed E-state index contributed by atoms with van der Waals surface area (Å²) in [6, 6.07) is 2.05. The molecule has 0 aromatic carbocycles. The van der Waals surface area contributed by atoms with Crippen molar-refractivity contribution < 1.29 is 9.47 Å². The minimum absolute atomic E-state index is 0.309. The van der Waals surface area contributed by atoms with Crippen molar-refractivity contribution in [2.24, 2.45) is 5.92 Å². The molecule has 0 unspecified atom stereocenters. The van der Waals surface area contributed by atoms with Crippen molar-refractivity contribution in [3.05, 3.63) is 24.3 Å². The SMILES string of the molecule is CC[C@@H]1C[C@@H](OC2CCOCC2)C[C@@H]1c1nnc2cnc3[nH]ccc3n12. The molecule has 1 aliphatic heterocycles. The molecule has 3 atom stereocenters. The Morgan fingerprint density at radius 1 is 1.23 bits per heavy atom. The number of hydrogen-bond acceptors (Lipinski definition) is 5. The topological polar surface area (TPSA) is 77.3 Å². The average molecular weight is 355 g/mol. The average Bonchev–Trinajstić information content (AvgIpc) is 3.39. The molecule has 1 aliphatic carbocycles. The fourth-order valence-corrected chi connectivity index (χ4v) is 4.67. The van der Waals surface area contributed by atoms with Crippen LogP contribution in [0, 0.1) is 5.92 Å². The van der Waals surface area contributed by atoms with Gasteiger partial charge >= 0.3 is 0 Å². The Labute approximate surface area is 152 Å². The highest BCUT2D eigenvalue weighted by Gasteiger charge is 2.38. The van der Waals surface area contributed by atoms with Crippen LogP contribution in [0.5, 0.6) is 0 Å². The van der Waals surface area contributed by atoms with Gasteiger partial charge in [-0.05, 0) is 37.7 Å². The van der Waals surface area contributed by atoms with E-state index in [2.05, 4.69) is 31.5 Å². The Balaban J connectivity index is 1.45. The van der Waals surface area contributed by atoms with Gasteiger partial charge in [0.1, 0.15) is 5.82 Å². The highest BCUT2D eigenvalue weighted by Crippen LogP contribution is 2.43. The number of aromatic amines is 1. The van der Waals surface area contributed by atoms with Crippen molar-refractivity contribution in [2.45, 2.75) is 57.2 Å². The van der Waals surface area contributed by atoms with Gasteiger partial charge in [-0.25, -0.2) is 4.98 Å². The molecule has 0 spiro atoms. The number of aromatic nitrogens is 5. The summed E-state index contributed by atoms with van der Waals surface area (Å²) < 4.78 is 14.1. The van der Waals surface area contributed by atoms with Crippen LogP contribution < -0.4 is 0 Å². The minimum Gasteiger partial charge on any atom is -0.381 e. The molecular formula is C19H25N5O2. The second kappa shape index (κ2) is 6.63. The Kier molecular flexibility index (Phi) is 4.13. The van der Waals surface area contributed by atoms with E-state index in [4.69, 9.17) is 9.47 Å². The van der Waals surface area contributed by atoms with Gasteiger partial charge in [-0.15, -0.1) is 10.2 Å². The van der Waals surface area contributed by atoms with Crippen molar-refractivity contribution in [2.75, 3.05) is 13.2 Å². The first-order chi connectivity index (χ1) is 12.8. The molecule has 7 heteroatoms. The van der Waals surface area contributed by atoms with Gasteiger partial charge in [0.15, 0.2) is 11.3 Å². The lowest BCUT2D eigenvalue weighted by molar-refractivity contribution is -0.0668. The molecule has 1 saturated carbocycles. The zero-order valence-electron chi connectivity index (χ0n) is 15.1. The molecule has 2 fully saturated rings. The van der Waals surface area contributed by atoms with Gasteiger partial charge in [-0.2, -0.15) is 0 Å². The van der Waals surface area contributed by atoms with E-state index in [1.165, 1.54) is 0 Å². The fourth-order valence-electron chi connectivity index (χ4n) is 4.67. The van der Waals surface area contributed by atoms with E-state index in [1.54, 1.807) is 6.20 Å². The summed E-state index contributed by atoms with van der Waals surface area (Å²) in [5, 5.41) is 8.95. The molecule has 26 heavy (non-hydrogen) atoms. The summed E-state index contributed by atoms with van der Waals surface area (Å²) in [4.78, 5) is 7.61. The van der Waals surface area contributed by atoms with Crippen molar-refractivity contribution in [3.63, 3.8) is 0 Å². The lowest BCUT2D eigenvalue weighted by Gasteiger charge is -2.25. The van der Waals surface area contributed by atoms with Gasteiger partial charge in [0, 0.05) is 25.3 Å². The van der Waals surface area contributed by atoms with Crippen LogP contribution in [0.1, 0.15) is 50.8 Å². The summed E-state index contributed by atoms with van der Waals surface area (Å²) in [6.07, 6.45) is 9.66. The van der Waals surface area contributed by atoms with E-state index in [-0.39, 0.29) is 0 Å². The van der Waals surface area contributed by atoms with Crippen LogP contribution in [0.25, 0.3) is 16.8 Å². The third-order valence-electron chi connectivity index (χ3n) is 6.03. The first-order valence-corrected chi connectivity index (χ1v) is 9.73. The molecular weight excluding hydrogens is 330 g/mol. The minimum atomic E-state index is 0.309. The second-order valence-electron chi connectivity index (χ2n) is 7.54. The molecule has 4 heterocycles. The first-order valence-electron chi connectivity index (χ1n) is 9.73. The molecule has 5 rings (SSSR count). The van der Waals surface area contributed by atoms with Crippen LogP contribution in [0.15, 0.2) is 18.5 Å². The molecule has 3 aromatic rings. The van der Waals surface area contributed by atoms with Crippen molar-refractivity contribution in [1.82, 2.24) is 24.6 Å². The van der Waals surface area contributed by atoms with Crippen LogP contribution >= 0.6 is 0 Å². The highest BCUT2D eigenvalue weighted by molar-refractivity contribution is 5.74. The molecule has 0 bridgehead atoms. The third kappa shape index (κ3) is 2.70. The zero-order chi connectivity index (χ0) is 17.5. The number of H-pyrrole nitrogens is 1. The number of nitrogens with one attached hydrogen (secondary N) is 1. The van der Waals surface area contributed by atoms with Gasteiger partial charge in [0.05, 0.1) is 23.9 Å². The zero-order valence-corrected chi connectivity index (χ0v) is 15.1. The van der Waals surface area contributed by atoms with E-state index in [0.717, 1.165) is 68.0 Å². The van der Waals surface area contributed by atoms with E-state index in [0.29, 0.717) is 24.0 Å². The normalized spacial score (nSPS) is 27.7. The predicted octanol–water partition coefficient (Wildman–Crippen LogP) is 3.07. The van der Waals surface area contributed by atoms with E-state index in [1.807, 2.05) is 12.3 Å². The maximum absolute atomic E-state index is 6.44. The molecule has 138 valence electrons. The quantitative estimate of drug-likeness (QED) is 0.778. The number of nitrogens with zero attached hydrogens (tertiary/aromatic N) is 4. The smallest absolute Gasteiger partial charge is 0.179 e. The van der Waals surface area contributed by atoms with Gasteiger partial charge < -0.3 is 14.5 Å².